The number of carbonyl (C=O) groups is 1. The van der Waals surface area contributed by atoms with Gasteiger partial charge >= 0.3 is 0 Å². The van der Waals surface area contributed by atoms with Gasteiger partial charge in [-0.15, -0.1) is 0 Å². The predicted molar refractivity (Wildman–Crippen MR) is 90.9 cm³/mol. The van der Waals surface area contributed by atoms with E-state index < -0.39 is 0 Å². The molecule has 0 aromatic heterocycles. The molecule has 22 heavy (non-hydrogen) atoms. The van der Waals surface area contributed by atoms with Crippen LogP contribution >= 0.6 is 0 Å². The van der Waals surface area contributed by atoms with Crippen LogP contribution in [0, 0.1) is 5.41 Å². The van der Waals surface area contributed by atoms with Gasteiger partial charge in [0.2, 0.25) is 0 Å². The second-order valence-electron chi connectivity index (χ2n) is 6.21. The molecule has 2 aromatic carbocycles. The average Bonchev–Trinajstić information content (AvgIpc) is 2.56. The highest BCUT2D eigenvalue weighted by Crippen LogP contribution is 2.33. The summed E-state index contributed by atoms with van der Waals surface area (Å²) >= 11 is 0. The van der Waals surface area contributed by atoms with Crippen molar-refractivity contribution in [3.63, 3.8) is 0 Å². The Morgan fingerprint density at radius 3 is 2.23 bits per heavy atom. The number of Topliss-reactive ketones (excluding diaryl/α,β-unsaturated/α-hetero) is 1. The van der Waals surface area contributed by atoms with Crippen LogP contribution in [0.4, 0.5) is 0 Å². The van der Waals surface area contributed by atoms with E-state index in [0.29, 0.717) is 0 Å². The number of carbonyl (C=O) groups excluding carboxylic acids is 1. The van der Waals surface area contributed by atoms with Crippen molar-refractivity contribution in [2.24, 2.45) is 5.41 Å². The van der Waals surface area contributed by atoms with E-state index in [1.807, 2.05) is 42.5 Å². The molecule has 0 aliphatic heterocycles. The van der Waals surface area contributed by atoms with Crippen molar-refractivity contribution in [2.45, 2.75) is 19.8 Å². The van der Waals surface area contributed by atoms with E-state index in [9.17, 15) is 4.79 Å². The lowest BCUT2D eigenvalue weighted by Gasteiger charge is -2.28. The van der Waals surface area contributed by atoms with Gasteiger partial charge in [0.15, 0.2) is 5.78 Å². The number of hydrogen-bond acceptors (Lipinski definition) is 1. The van der Waals surface area contributed by atoms with Crippen LogP contribution < -0.4 is 0 Å². The van der Waals surface area contributed by atoms with Gasteiger partial charge in [-0.3, -0.25) is 4.79 Å². The van der Waals surface area contributed by atoms with Crippen molar-refractivity contribution in [3.05, 3.63) is 95.6 Å². The lowest BCUT2D eigenvalue weighted by molar-refractivity contribution is 0.103. The standard InChI is InChI=1S/C21H20O/c1-21(16-17-8-4-2-5-9-17)14-12-19(13-15-21)20(22)18-10-6-3-7-11-18/h2-14H,15-16H2,1H3. The summed E-state index contributed by atoms with van der Waals surface area (Å²) in [6.45, 7) is 2.25. The van der Waals surface area contributed by atoms with E-state index >= 15 is 0 Å². The molecule has 0 fully saturated rings. The Balaban J connectivity index is 1.72. The fourth-order valence-corrected chi connectivity index (χ4v) is 2.89. The minimum atomic E-state index is 0.0851. The molecular weight excluding hydrogens is 268 g/mol. The van der Waals surface area contributed by atoms with E-state index in [1.54, 1.807) is 0 Å². The van der Waals surface area contributed by atoms with Crippen LogP contribution in [0.2, 0.25) is 0 Å². The van der Waals surface area contributed by atoms with Gasteiger partial charge in [0.25, 0.3) is 0 Å². The SMILES string of the molecule is CC1(Cc2ccccc2)C=CC(C(=O)c2ccccc2)=CC1. The Labute approximate surface area is 132 Å². The Morgan fingerprint density at radius 1 is 1.00 bits per heavy atom. The summed E-state index contributed by atoms with van der Waals surface area (Å²) in [6, 6.07) is 20.0. The highest BCUT2D eigenvalue weighted by atomic mass is 16.1. The van der Waals surface area contributed by atoms with Crippen molar-refractivity contribution in [2.75, 3.05) is 0 Å². The zero-order valence-electron chi connectivity index (χ0n) is 12.8. The highest BCUT2D eigenvalue weighted by Gasteiger charge is 2.24. The maximum atomic E-state index is 12.4. The predicted octanol–water partition coefficient (Wildman–Crippen LogP) is 5.00. The van der Waals surface area contributed by atoms with E-state index in [0.717, 1.165) is 24.0 Å². The van der Waals surface area contributed by atoms with Crippen molar-refractivity contribution >= 4 is 5.78 Å². The van der Waals surface area contributed by atoms with E-state index in [1.165, 1.54) is 5.56 Å². The Kier molecular flexibility index (Phi) is 4.06. The molecule has 0 heterocycles. The molecule has 0 spiro atoms. The first kappa shape index (κ1) is 14.5. The molecule has 1 heteroatoms. The molecular formula is C21H20O. The summed E-state index contributed by atoms with van der Waals surface area (Å²) in [4.78, 5) is 12.4. The quantitative estimate of drug-likeness (QED) is 0.723. The van der Waals surface area contributed by atoms with Crippen LogP contribution in [-0.4, -0.2) is 5.78 Å². The summed E-state index contributed by atoms with van der Waals surface area (Å²) in [5.41, 5.74) is 2.98. The van der Waals surface area contributed by atoms with Crippen molar-refractivity contribution in [3.8, 4) is 0 Å². The molecule has 0 saturated heterocycles. The van der Waals surface area contributed by atoms with Crippen LogP contribution in [-0.2, 0) is 6.42 Å². The normalized spacial score (nSPS) is 20.5. The highest BCUT2D eigenvalue weighted by molar-refractivity contribution is 6.10. The smallest absolute Gasteiger partial charge is 0.192 e. The molecule has 2 aromatic rings. The minimum Gasteiger partial charge on any atom is -0.289 e. The Bertz CT molecular complexity index is 710. The first-order valence-electron chi connectivity index (χ1n) is 7.69. The van der Waals surface area contributed by atoms with Crippen LogP contribution in [0.25, 0.3) is 0 Å². The molecule has 0 amide bonds. The van der Waals surface area contributed by atoms with Gasteiger partial charge in [-0.25, -0.2) is 0 Å². The van der Waals surface area contributed by atoms with Crippen molar-refractivity contribution in [1.82, 2.24) is 0 Å². The fourth-order valence-electron chi connectivity index (χ4n) is 2.89. The third kappa shape index (κ3) is 3.25. The Morgan fingerprint density at radius 2 is 1.64 bits per heavy atom. The van der Waals surface area contributed by atoms with E-state index in [4.69, 9.17) is 0 Å². The van der Waals surface area contributed by atoms with Crippen molar-refractivity contribution in [1.29, 1.82) is 0 Å². The molecule has 1 atom stereocenters. The summed E-state index contributed by atoms with van der Waals surface area (Å²) < 4.78 is 0. The lowest BCUT2D eigenvalue weighted by Crippen LogP contribution is -2.19. The number of allylic oxidation sites excluding steroid dienone is 4. The molecule has 0 radical (unpaired) electrons. The van der Waals surface area contributed by atoms with Gasteiger partial charge in [-0.2, -0.15) is 0 Å². The number of benzene rings is 2. The molecule has 1 aliphatic carbocycles. The maximum absolute atomic E-state index is 12.4. The van der Waals surface area contributed by atoms with Gasteiger partial charge in [-0.1, -0.05) is 85.8 Å². The van der Waals surface area contributed by atoms with Gasteiger partial charge in [0.1, 0.15) is 0 Å². The largest absolute Gasteiger partial charge is 0.289 e. The zero-order chi connectivity index (χ0) is 15.4. The summed E-state index contributed by atoms with van der Waals surface area (Å²) in [5.74, 6) is 0.110. The van der Waals surface area contributed by atoms with Crippen molar-refractivity contribution < 1.29 is 4.79 Å². The fraction of sp³-hybridized carbons (Fsp3) is 0.190. The van der Waals surface area contributed by atoms with Gasteiger partial charge in [0, 0.05) is 11.1 Å². The van der Waals surface area contributed by atoms with Gasteiger partial charge < -0.3 is 0 Å². The van der Waals surface area contributed by atoms with Crippen LogP contribution in [0.15, 0.2) is 84.5 Å². The second kappa shape index (κ2) is 6.15. The van der Waals surface area contributed by atoms with Crippen LogP contribution in [0.5, 0.6) is 0 Å². The number of ketones is 1. The van der Waals surface area contributed by atoms with Gasteiger partial charge in [0.05, 0.1) is 0 Å². The number of rotatable bonds is 4. The maximum Gasteiger partial charge on any atom is 0.192 e. The zero-order valence-corrected chi connectivity index (χ0v) is 12.8. The first-order valence-corrected chi connectivity index (χ1v) is 7.69. The van der Waals surface area contributed by atoms with Crippen LogP contribution in [0.1, 0.15) is 29.3 Å². The average molecular weight is 288 g/mol. The first-order chi connectivity index (χ1) is 10.7. The summed E-state index contributed by atoms with van der Waals surface area (Å²) in [5, 5.41) is 0. The summed E-state index contributed by atoms with van der Waals surface area (Å²) in [7, 11) is 0. The molecule has 0 saturated carbocycles. The third-order valence-electron chi connectivity index (χ3n) is 4.20. The van der Waals surface area contributed by atoms with E-state index in [2.05, 4.69) is 43.3 Å². The van der Waals surface area contributed by atoms with Crippen LogP contribution in [0.3, 0.4) is 0 Å². The lowest BCUT2D eigenvalue weighted by atomic mass is 9.76. The second-order valence-corrected chi connectivity index (χ2v) is 6.21. The molecule has 0 bridgehead atoms. The molecule has 1 nitrogen and oxygen atoms in total. The monoisotopic (exact) mass is 288 g/mol. The molecule has 1 unspecified atom stereocenters. The Hall–Kier alpha value is -2.41. The summed E-state index contributed by atoms with van der Waals surface area (Å²) in [6.07, 6.45) is 8.15. The molecule has 1 aliphatic rings. The van der Waals surface area contributed by atoms with E-state index in [-0.39, 0.29) is 11.2 Å². The van der Waals surface area contributed by atoms with Gasteiger partial charge in [-0.05, 0) is 23.8 Å². The minimum absolute atomic E-state index is 0.0851. The number of hydrogen-bond donors (Lipinski definition) is 0. The third-order valence-corrected chi connectivity index (χ3v) is 4.20. The topological polar surface area (TPSA) is 17.1 Å². The molecule has 110 valence electrons. The molecule has 0 N–H and O–H groups in total. The molecule has 3 rings (SSSR count).